The number of para-hydroxylation sites is 1. The van der Waals surface area contributed by atoms with E-state index in [1.165, 1.54) is 0 Å². The van der Waals surface area contributed by atoms with E-state index in [-0.39, 0.29) is 36.6 Å². The summed E-state index contributed by atoms with van der Waals surface area (Å²) in [6, 6.07) is 11.4. The van der Waals surface area contributed by atoms with Crippen LogP contribution in [0, 0.1) is 5.92 Å². The Balaban J connectivity index is 1.65. The Bertz CT molecular complexity index is 1300. The lowest BCUT2D eigenvalue weighted by Gasteiger charge is -2.34. The van der Waals surface area contributed by atoms with Gasteiger partial charge >= 0.3 is 0 Å². The summed E-state index contributed by atoms with van der Waals surface area (Å²) < 4.78 is 6.05. The first-order chi connectivity index (χ1) is 20.2. The molecule has 1 heterocycles. The van der Waals surface area contributed by atoms with Crippen LogP contribution in [0.1, 0.15) is 57.1 Å². The third-order valence-electron chi connectivity index (χ3n) is 8.13. The van der Waals surface area contributed by atoms with Gasteiger partial charge in [0.25, 0.3) is 0 Å². The largest absolute Gasteiger partial charge is 0.492 e. The summed E-state index contributed by atoms with van der Waals surface area (Å²) in [6.07, 6.45) is 7.33. The second-order valence-electron chi connectivity index (χ2n) is 11.1. The van der Waals surface area contributed by atoms with Crippen molar-refractivity contribution in [1.29, 1.82) is 0 Å². The maximum absolute atomic E-state index is 13.9. The van der Waals surface area contributed by atoms with E-state index in [0.29, 0.717) is 41.8 Å². The highest BCUT2D eigenvalue weighted by Crippen LogP contribution is 2.31. The molecule has 42 heavy (non-hydrogen) atoms. The summed E-state index contributed by atoms with van der Waals surface area (Å²) in [5.74, 6) is -0.187. The van der Waals surface area contributed by atoms with Crippen molar-refractivity contribution in [1.82, 2.24) is 21.3 Å². The van der Waals surface area contributed by atoms with E-state index in [4.69, 9.17) is 27.9 Å². The van der Waals surface area contributed by atoms with E-state index in [0.717, 1.165) is 30.4 Å². The number of nitrogens with one attached hydrogen (secondary N) is 4. The molecule has 2 aliphatic rings. The monoisotopic (exact) mass is 614 g/mol. The number of carbonyl (C=O) groups excluding carboxylic acids is 3. The number of halogens is 2. The maximum Gasteiger partial charge on any atom is 0.246 e. The Kier molecular flexibility index (Phi) is 11.3. The first-order valence-electron chi connectivity index (χ1n) is 14.7. The summed E-state index contributed by atoms with van der Waals surface area (Å²) in [6.45, 7) is 5.13. The Labute approximate surface area is 257 Å². The standard InChI is InChI=1S/C32H40Cl2N4O4/c1-3-21(2)28-30(40)38-32(14-6-7-15-32)31(41)37-26(20-22-12-13-24(33)25(34)19-22)29(39)36-16-8-10-23-9-4-5-11-27(23)42-18-17-35-28/h4-5,8-13,19,21,26,28,35H,3,6-7,14-18,20H2,1-2H3,(H,36,39)(H,37,41)(H,38,40)/b10-8-/t21-,26-,28-/m0/s1. The first-order valence-corrected chi connectivity index (χ1v) is 15.4. The molecule has 1 aliphatic heterocycles. The molecule has 1 spiro atoms. The molecule has 2 aromatic carbocycles. The summed E-state index contributed by atoms with van der Waals surface area (Å²) in [5.41, 5.74) is 0.522. The Morgan fingerprint density at radius 3 is 2.52 bits per heavy atom. The van der Waals surface area contributed by atoms with Crippen LogP contribution in [0.5, 0.6) is 5.75 Å². The van der Waals surface area contributed by atoms with Gasteiger partial charge in [-0.3, -0.25) is 14.4 Å². The quantitative estimate of drug-likeness (QED) is 0.400. The fourth-order valence-electron chi connectivity index (χ4n) is 5.49. The number of fused-ring (bicyclic) bond motifs is 1. The topological polar surface area (TPSA) is 109 Å². The van der Waals surface area contributed by atoms with Crippen molar-refractivity contribution in [3.63, 3.8) is 0 Å². The van der Waals surface area contributed by atoms with Gasteiger partial charge in [0.05, 0.1) is 16.1 Å². The molecular weight excluding hydrogens is 575 g/mol. The van der Waals surface area contributed by atoms with Gasteiger partial charge in [-0.05, 0) is 42.5 Å². The molecule has 0 aromatic heterocycles. The number of carbonyl (C=O) groups is 3. The summed E-state index contributed by atoms with van der Waals surface area (Å²) in [7, 11) is 0. The first kappa shape index (κ1) is 31.9. The van der Waals surface area contributed by atoms with Crippen LogP contribution in [0.2, 0.25) is 10.0 Å². The van der Waals surface area contributed by atoms with Crippen LogP contribution in [0.15, 0.2) is 48.5 Å². The Morgan fingerprint density at radius 1 is 1.02 bits per heavy atom. The molecule has 0 saturated heterocycles. The minimum absolute atomic E-state index is 0.0282. The lowest BCUT2D eigenvalue weighted by Crippen LogP contribution is -2.64. The van der Waals surface area contributed by atoms with Gasteiger partial charge in [-0.2, -0.15) is 0 Å². The zero-order valence-electron chi connectivity index (χ0n) is 24.2. The predicted octanol–water partition coefficient (Wildman–Crippen LogP) is 4.68. The van der Waals surface area contributed by atoms with Crippen molar-refractivity contribution in [3.8, 4) is 5.75 Å². The van der Waals surface area contributed by atoms with Gasteiger partial charge in [0.1, 0.15) is 23.9 Å². The fourth-order valence-corrected chi connectivity index (χ4v) is 5.81. The van der Waals surface area contributed by atoms with Crippen LogP contribution in [-0.4, -0.2) is 55.0 Å². The SMILES string of the molecule is CC[C@H](C)[C@@H]1NCCOc2ccccc2/C=C\CNC(=O)[C@H](Cc2ccc(Cl)c(Cl)c2)NC(=O)C2(CCCC2)NC1=O. The van der Waals surface area contributed by atoms with Crippen molar-refractivity contribution in [2.24, 2.45) is 5.92 Å². The Morgan fingerprint density at radius 2 is 1.79 bits per heavy atom. The molecule has 226 valence electrons. The molecule has 0 radical (unpaired) electrons. The van der Waals surface area contributed by atoms with Crippen LogP contribution in [0.4, 0.5) is 0 Å². The summed E-state index contributed by atoms with van der Waals surface area (Å²) >= 11 is 12.3. The fraction of sp³-hybridized carbons (Fsp3) is 0.469. The Hall–Kier alpha value is -3.07. The number of amides is 3. The van der Waals surface area contributed by atoms with E-state index in [1.54, 1.807) is 18.2 Å². The third-order valence-corrected chi connectivity index (χ3v) is 8.87. The molecule has 0 bridgehead atoms. The van der Waals surface area contributed by atoms with E-state index >= 15 is 0 Å². The van der Waals surface area contributed by atoms with Crippen molar-refractivity contribution in [2.75, 3.05) is 19.7 Å². The predicted molar refractivity (Wildman–Crippen MR) is 167 cm³/mol. The average molecular weight is 616 g/mol. The normalized spacial score (nSPS) is 23.4. The molecule has 1 aliphatic carbocycles. The lowest BCUT2D eigenvalue weighted by molar-refractivity contribution is -0.137. The number of rotatable bonds is 4. The van der Waals surface area contributed by atoms with E-state index in [2.05, 4.69) is 21.3 Å². The van der Waals surface area contributed by atoms with Crippen LogP contribution in [0.3, 0.4) is 0 Å². The molecule has 3 amide bonds. The van der Waals surface area contributed by atoms with Crippen LogP contribution in [-0.2, 0) is 20.8 Å². The van der Waals surface area contributed by atoms with Gasteiger partial charge in [0, 0.05) is 25.1 Å². The number of ether oxygens (including phenoxy) is 1. The molecule has 8 nitrogen and oxygen atoms in total. The van der Waals surface area contributed by atoms with Crippen molar-refractivity contribution in [3.05, 3.63) is 69.7 Å². The highest BCUT2D eigenvalue weighted by molar-refractivity contribution is 6.42. The second-order valence-corrected chi connectivity index (χ2v) is 11.9. The highest BCUT2D eigenvalue weighted by atomic mass is 35.5. The van der Waals surface area contributed by atoms with E-state index in [1.807, 2.05) is 50.3 Å². The smallest absolute Gasteiger partial charge is 0.246 e. The minimum atomic E-state index is -1.10. The molecule has 1 fully saturated rings. The second kappa shape index (κ2) is 14.9. The molecule has 2 aromatic rings. The summed E-state index contributed by atoms with van der Waals surface area (Å²) in [4.78, 5) is 41.1. The summed E-state index contributed by atoms with van der Waals surface area (Å²) in [5, 5.41) is 13.1. The molecule has 4 rings (SSSR count). The van der Waals surface area contributed by atoms with Crippen LogP contribution in [0.25, 0.3) is 6.08 Å². The van der Waals surface area contributed by atoms with Gasteiger partial charge in [0.15, 0.2) is 0 Å². The van der Waals surface area contributed by atoms with Gasteiger partial charge < -0.3 is 26.0 Å². The van der Waals surface area contributed by atoms with E-state index < -0.39 is 17.6 Å². The lowest BCUT2D eigenvalue weighted by atomic mass is 9.92. The number of benzene rings is 2. The molecule has 1 saturated carbocycles. The number of hydrogen-bond donors (Lipinski definition) is 4. The van der Waals surface area contributed by atoms with Crippen molar-refractivity contribution >= 4 is 47.0 Å². The third kappa shape index (κ3) is 8.06. The van der Waals surface area contributed by atoms with Gasteiger partial charge in [-0.15, -0.1) is 0 Å². The molecular formula is C32H40Cl2N4O4. The van der Waals surface area contributed by atoms with E-state index in [9.17, 15) is 14.4 Å². The van der Waals surface area contributed by atoms with Gasteiger partial charge in [0.2, 0.25) is 17.7 Å². The van der Waals surface area contributed by atoms with Gasteiger partial charge in [-0.1, -0.05) is 92.7 Å². The van der Waals surface area contributed by atoms with Gasteiger partial charge in [-0.25, -0.2) is 0 Å². The average Bonchev–Trinajstić information content (AvgIpc) is 3.46. The zero-order chi connectivity index (χ0) is 30.1. The molecule has 10 heteroatoms. The maximum atomic E-state index is 13.9. The highest BCUT2D eigenvalue weighted by Gasteiger charge is 2.45. The number of hydrogen-bond acceptors (Lipinski definition) is 5. The molecule has 0 unspecified atom stereocenters. The van der Waals surface area contributed by atoms with Crippen molar-refractivity contribution < 1.29 is 19.1 Å². The molecule has 3 atom stereocenters. The van der Waals surface area contributed by atoms with Crippen LogP contribution < -0.4 is 26.0 Å². The zero-order valence-corrected chi connectivity index (χ0v) is 25.7. The molecule has 4 N–H and O–H groups in total. The van der Waals surface area contributed by atoms with Crippen molar-refractivity contribution in [2.45, 2.75) is 70.0 Å². The van der Waals surface area contributed by atoms with Crippen LogP contribution >= 0.6 is 23.2 Å². The minimum Gasteiger partial charge on any atom is -0.492 e.